The smallest absolute Gasteiger partial charge is 0.335 e. The number of anilines is 2. The third kappa shape index (κ3) is 19.0. The minimum absolute atomic E-state index is 0.0845. The summed E-state index contributed by atoms with van der Waals surface area (Å²) in [6.45, 7) is 5.57. The van der Waals surface area contributed by atoms with Crippen LogP contribution >= 0.6 is 0 Å². The lowest BCUT2D eigenvalue weighted by molar-refractivity contribution is 0.0686. The minimum atomic E-state index is -3.45. The zero-order valence-corrected chi connectivity index (χ0v) is 45.0. The second-order valence-corrected chi connectivity index (χ2v) is 22.8. The highest BCUT2D eigenvalue weighted by atomic mass is 32.2. The van der Waals surface area contributed by atoms with Crippen LogP contribution in [-0.4, -0.2) is 77.8 Å². The molecular formula is C60H74N2O10S2. The van der Waals surface area contributed by atoms with Crippen LogP contribution in [0.25, 0.3) is 0 Å². The molecule has 0 aliphatic carbocycles. The van der Waals surface area contributed by atoms with Crippen LogP contribution in [0.2, 0.25) is 0 Å². The number of hydrogen-bond acceptors (Lipinski definition) is 10. The largest absolute Gasteiger partial charge is 0.497 e. The van der Waals surface area contributed by atoms with Gasteiger partial charge in [0.1, 0.15) is 16.4 Å². The highest BCUT2D eigenvalue weighted by Gasteiger charge is 2.21. The number of rotatable bonds is 30. The Morgan fingerprint density at radius 2 is 0.919 bits per heavy atom. The SMILES string of the molecule is COc1ccc(OC)c(S(=O)(=O)CCCCCCCNc2ccccc2CCc2ccc(C(=O)O)cc2)c1.Cc1ccc(S(=O)(=O)CCCCCCCNc2ccccc2CCc2ccc(C(=O)O)cc2)c(C)c1. The molecule has 4 N–H and O–H groups in total. The van der Waals surface area contributed by atoms with Crippen LogP contribution in [0.4, 0.5) is 11.4 Å². The van der Waals surface area contributed by atoms with Gasteiger partial charge in [-0.1, -0.05) is 117 Å². The van der Waals surface area contributed by atoms with E-state index in [1.165, 1.54) is 31.4 Å². The number of nitrogens with one attached hydrogen (secondary N) is 2. The van der Waals surface area contributed by atoms with Gasteiger partial charge >= 0.3 is 11.9 Å². The summed E-state index contributed by atoms with van der Waals surface area (Å²) in [6, 6.07) is 41.0. The number of carbonyl (C=O) groups is 2. The fraction of sp³-hybridized carbons (Fsp3) is 0.367. The topological polar surface area (TPSA) is 185 Å². The van der Waals surface area contributed by atoms with E-state index < -0.39 is 31.6 Å². The van der Waals surface area contributed by atoms with E-state index in [9.17, 15) is 26.4 Å². The molecule has 0 saturated carbocycles. The van der Waals surface area contributed by atoms with E-state index in [1.54, 1.807) is 42.5 Å². The van der Waals surface area contributed by atoms with Crippen LogP contribution in [-0.2, 0) is 45.4 Å². The Labute approximate surface area is 439 Å². The van der Waals surface area contributed by atoms with E-state index >= 15 is 0 Å². The number of sulfone groups is 2. The van der Waals surface area contributed by atoms with E-state index in [-0.39, 0.29) is 16.4 Å². The standard InChI is InChI=1S/C30H37NO6S.C30H37NO4S/c1-36-26-18-19-28(37-2)29(22-26)38(34,35)21-9-5-3-4-8-20-31-27-11-7-6-10-24(27)15-12-23-13-16-25(17-14-23)30(32)33;1-23-12-19-29(24(2)22-23)36(34,35)21-9-5-3-4-8-20-31-28-11-7-6-10-26(28)16-13-25-14-17-27(18-15-25)30(32)33/h6-7,10-11,13-14,16-19,22,31H,3-5,8-9,12,15,20-21H2,1-2H3,(H,32,33);6-7,10-12,14-15,17-19,22,31H,3-5,8-9,13,16,20-21H2,1-2H3,(H,32,33). The molecule has 0 fully saturated rings. The Kier molecular flexibility index (Phi) is 23.5. The van der Waals surface area contributed by atoms with Gasteiger partial charge in [0.15, 0.2) is 19.7 Å². The molecule has 14 heteroatoms. The van der Waals surface area contributed by atoms with Crippen molar-refractivity contribution in [1.29, 1.82) is 0 Å². The van der Waals surface area contributed by atoms with Gasteiger partial charge in [0.05, 0.1) is 41.7 Å². The fourth-order valence-corrected chi connectivity index (χ4v) is 11.9. The summed E-state index contributed by atoms with van der Waals surface area (Å²) in [4.78, 5) is 22.7. The molecule has 0 unspecified atom stereocenters. The number of unbranched alkanes of at least 4 members (excludes halogenated alkanes) is 8. The molecule has 74 heavy (non-hydrogen) atoms. The molecule has 396 valence electrons. The van der Waals surface area contributed by atoms with Crippen LogP contribution in [0.3, 0.4) is 0 Å². The van der Waals surface area contributed by atoms with Crippen molar-refractivity contribution < 1.29 is 46.1 Å². The summed E-state index contributed by atoms with van der Waals surface area (Å²) in [5.41, 5.74) is 9.48. The molecule has 6 rings (SSSR count). The van der Waals surface area contributed by atoms with Crippen molar-refractivity contribution in [3.8, 4) is 11.5 Å². The Morgan fingerprint density at radius 1 is 0.473 bits per heavy atom. The molecule has 0 aliphatic heterocycles. The molecule has 0 atom stereocenters. The van der Waals surface area contributed by atoms with E-state index in [0.717, 1.165) is 124 Å². The Bertz CT molecular complexity index is 2940. The number of carboxylic acids is 2. The Hall–Kier alpha value is -6.64. The molecule has 0 aliphatic rings. The predicted octanol–water partition coefficient (Wildman–Crippen LogP) is 12.6. The zero-order chi connectivity index (χ0) is 53.4. The van der Waals surface area contributed by atoms with Gasteiger partial charge in [0.25, 0.3) is 0 Å². The third-order valence-corrected chi connectivity index (χ3v) is 16.8. The van der Waals surface area contributed by atoms with Crippen molar-refractivity contribution in [2.24, 2.45) is 0 Å². The summed E-state index contributed by atoms with van der Waals surface area (Å²) in [6.07, 6.45) is 12.6. The molecule has 0 spiro atoms. The monoisotopic (exact) mass is 1050 g/mol. The van der Waals surface area contributed by atoms with Crippen molar-refractivity contribution in [3.05, 3.63) is 178 Å². The van der Waals surface area contributed by atoms with Crippen molar-refractivity contribution >= 4 is 43.0 Å². The number of hydrogen-bond donors (Lipinski definition) is 4. The quantitative estimate of drug-likeness (QED) is 0.0313. The highest BCUT2D eigenvalue weighted by Crippen LogP contribution is 2.30. The van der Waals surface area contributed by atoms with Crippen molar-refractivity contribution in [1.82, 2.24) is 0 Å². The number of ether oxygens (including phenoxy) is 2. The predicted molar refractivity (Wildman–Crippen MR) is 297 cm³/mol. The Balaban J connectivity index is 0.000000274. The first kappa shape index (κ1) is 58.3. The van der Waals surface area contributed by atoms with Crippen LogP contribution in [0, 0.1) is 13.8 Å². The summed E-state index contributed by atoms with van der Waals surface area (Å²) in [5, 5.41) is 25.2. The molecule has 12 nitrogen and oxygen atoms in total. The Morgan fingerprint density at radius 3 is 1.36 bits per heavy atom. The van der Waals surface area contributed by atoms with Crippen molar-refractivity contribution in [2.45, 2.75) is 114 Å². The number of methoxy groups -OCH3 is 2. The van der Waals surface area contributed by atoms with Gasteiger partial charge in [-0.3, -0.25) is 0 Å². The molecule has 6 aromatic carbocycles. The van der Waals surface area contributed by atoms with Crippen LogP contribution in [0.15, 0.2) is 143 Å². The lowest BCUT2D eigenvalue weighted by Crippen LogP contribution is -2.09. The first-order chi connectivity index (χ1) is 35.6. The van der Waals surface area contributed by atoms with Crippen molar-refractivity contribution in [3.63, 3.8) is 0 Å². The van der Waals surface area contributed by atoms with Gasteiger partial charge in [0, 0.05) is 30.5 Å². The van der Waals surface area contributed by atoms with Gasteiger partial charge < -0.3 is 30.3 Å². The van der Waals surface area contributed by atoms with Gasteiger partial charge in [0.2, 0.25) is 0 Å². The molecule has 6 aromatic rings. The molecule has 0 heterocycles. The number of benzene rings is 6. The highest BCUT2D eigenvalue weighted by molar-refractivity contribution is 7.91. The first-order valence-corrected chi connectivity index (χ1v) is 28.9. The lowest BCUT2D eigenvalue weighted by Gasteiger charge is -2.12. The zero-order valence-electron chi connectivity index (χ0n) is 43.4. The van der Waals surface area contributed by atoms with Gasteiger partial charge in [-0.2, -0.15) is 0 Å². The van der Waals surface area contributed by atoms with E-state index in [1.807, 2.05) is 74.5 Å². The lowest BCUT2D eigenvalue weighted by atomic mass is 10.0. The van der Waals surface area contributed by atoms with Crippen LogP contribution in [0.1, 0.15) is 118 Å². The van der Waals surface area contributed by atoms with Gasteiger partial charge in [-0.05, 0) is 148 Å². The maximum absolute atomic E-state index is 12.8. The molecule has 0 saturated heterocycles. The fourth-order valence-electron chi connectivity index (χ4n) is 8.74. The minimum Gasteiger partial charge on any atom is -0.497 e. The molecule has 0 aromatic heterocycles. The van der Waals surface area contributed by atoms with E-state index in [0.29, 0.717) is 40.4 Å². The van der Waals surface area contributed by atoms with Gasteiger partial charge in [-0.25, -0.2) is 26.4 Å². The molecule has 0 amide bonds. The van der Waals surface area contributed by atoms with E-state index in [2.05, 4.69) is 34.9 Å². The third-order valence-electron chi connectivity index (χ3n) is 13.0. The summed E-state index contributed by atoms with van der Waals surface area (Å²) in [7, 11) is -3.69. The van der Waals surface area contributed by atoms with E-state index in [4.69, 9.17) is 19.7 Å². The number of aromatic carboxylic acids is 2. The second kappa shape index (κ2) is 29.9. The first-order valence-electron chi connectivity index (χ1n) is 25.6. The number of carboxylic acid groups (broad SMARTS) is 2. The summed E-state index contributed by atoms with van der Waals surface area (Å²) in [5.74, 6) is -0.687. The normalized spacial score (nSPS) is 11.3. The van der Waals surface area contributed by atoms with Gasteiger partial charge in [-0.15, -0.1) is 0 Å². The number of aryl methyl sites for hydroxylation is 6. The second-order valence-electron chi connectivity index (χ2n) is 18.6. The summed E-state index contributed by atoms with van der Waals surface area (Å²) >= 11 is 0. The number of para-hydroxylation sites is 2. The maximum Gasteiger partial charge on any atom is 0.335 e. The maximum atomic E-state index is 12.8. The average molecular weight is 1050 g/mol. The van der Waals surface area contributed by atoms with Crippen LogP contribution in [0.5, 0.6) is 11.5 Å². The average Bonchev–Trinajstić information content (AvgIpc) is 3.39. The van der Waals surface area contributed by atoms with Crippen LogP contribution < -0.4 is 20.1 Å². The summed E-state index contributed by atoms with van der Waals surface area (Å²) < 4.78 is 61.3. The van der Waals surface area contributed by atoms with Crippen molar-refractivity contribution in [2.75, 3.05) is 49.4 Å². The molecule has 0 bridgehead atoms. The molecular weight excluding hydrogens is 973 g/mol. The molecule has 0 radical (unpaired) electrons.